The number of halogens is 1. The Labute approximate surface area is 117 Å². The molecule has 1 aliphatic heterocycles. The Morgan fingerprint density at radius 1 is 1.11 bits per heavy atom. The van der Waals surface area contributed by atoms with Gasteiger partial charge in [-0.3, -0.25) is 4.90 Å². The summed E-state index contributed by atoms with van der Waals surface area (Å²) in [6.45, 7) is 3.94. The van der Waals surface area contributed by atoms with Crippen LogP contribution in [0.25, 0.3) is 10.8 Å². The Morgan fingerprint density at radius 3 is 2.63 bits per heavy atom. The maximum absolute atomic E-state index is 6.03. The molecule has 0 saturated carbocycles. The molecule has 2 heterocycles. The summed E-state index contributed by atoms with van der Waals surface area (Å²) in [6.07, 6.45) is 2.59. The van der Waals surface area contributed by atoms with Gasteiger partial charge in [0.25, 0.3) is 0 Å². The molecule has 5 heteroatoms. The highest BCUT2D eigenvalue weighted by Gasteiger charge is 2.12. The van der Waals surface area contributed by atoms with Crippen molar-refractivity contribution in [2.75, 3.05) is 26.2 Å². The minimum absolute atomic E-state index is 0.419. The Bertz CT molecular complexity index is 570. The molecule has 19 heavy (non-hydrogen) atoms. The molecule has 3 rings (SSSR count). The van der Waals surface area contributed by atoms with Crippen molar-refractivity contribution in [1.82, 2.24) is 15.1 Å². The summed E-state index contributed by atoms with van der Waals surface area (Å²) in [5, 5.41) is 10.2. The van der Waals surface area contributed by atoms with Crippen molar-refractivity contribution in [3.8, 4) is 5.88 Å². The van der Waals surface area contributed by atoms with Gasteiger partial charge in [-0.2, -0.15) is 0 Å². The molecular weight excluding hydrogens is 262 g/mol. The van der Waals surface area contributed by atoms with Gasteiger partial charge in [0.15, 0.2) is 5.15 Å². The number of hydrogen-bond donors (Lipinski definition) is 0. The van der Waals surface area contributed by atoms with E-state index < -0.39 is 0 Å². The van der Waals surface area contributed by atoms with Crippen molar-refractivity contribution in [2.45, 2.75) is 12.8 Å². The second kappa shape index (κ2) is 5.72. The lowest BCUT2D eigenvalue weighted by molar-refractivity contribution is 0.232. The van der Waals surface area contributed by atoms with Crippen molar-refractivity contribution in [3.05, 3.63) is 29.4 Å². The first-order valence-corrected chi connectivity index (χ1v) is 6.98. The maximum atomic E-state index is 6.03. The third-order valence-electron chi connectivity index (χ3n) is 3.45. The van der Waals surface area contributed by atoms with Crippen LogP contribution in [0.2, 0.25) is 5.15 Å². The zero-order valence-corrected chi connectivity index (χ0v) is 11.4. The first-order valence-electron chi connectivity index (χ1n) is 6.61. The largest absolute Gasteiger partial charge is 0.475 e. The quantitative estimate of drug-likeness (QED) is 0.861. The third kappa shape index (κ3) is 2.80. The lowest BCUT2D eigenvalue weighted by Crippen LogP contribution is -2.25. The van der Waals surface area contributed by atoms with Crippen LogP contribution >= 0.6 is 11.6 Å². The van der Waals surface area contributed by atoms with Gasteiger partial charge in [0.1, 0.15) is 6.61 Å². The summed E-state index contributed by atoms with van der Waals surface area (Å²) in [6, 6.07) is 7.78. The molecule has 0 spiro atoms. The number of hydrogen-bond acceptors (Lipinski definition) is 4. The number of fused-ring (bicyclic) bond motifs is 1. The average Bonchev–Trinajstić information content (AvgIpc) is 2.95. The summed E-state index contributed by atoms with van der Waals surface area (Å²) in [4.78, 5) is 2.41. The fraction of sp³-hybridized carbons (Fsp3) is 0.429. The lowest BCUT2D eigenvalue weighted by atomic mass is 10.2. The van der Waals surface area contributed by atoms with Crippen LogP contribution < -0.4 is 4.74 Å². The van der Waals surface area contributed by atoms with Crippen LogP contribution in [-0.4, -0.2) is 41.3 Å². The molecule has 0 unspecified atom stereocenters. The van der Waals surface area contributed by atoms with Gasteiger partial charge in [-0.15, -0.1) is 10.2 Å². The lowest BCUT2D eigenvalue weighted by Gasteiger charge is -2.15. The van der Waals surface area contributed by atoms with Crippen LogP contribution in [0, 0.1) is 0 Å². The Kier molecular flexibility index (Phi) is 3.80. The fourth-order valence-electron chi connectivity index (χ4n) is 2.43. The molecular formula is C14H16ClN3O. The minimum Gasteiger partial charge on any atom is -0.475 e. The third-order valence-corrected chi connectivity index (χ3v) is 3.73. The molecule has 4 nitrogen and oxygen atoms in total. The highest BCUT2D eigenvalue weighted by atomic mass is 35.5. The summed E-state index contributed by atoms with van der Waals surface area (Å²) in [5.74, 6) is 0.569. The van der Waals surface area contributed by atoms with Crippen LogP contribution in [0.1, 0.15) is 12.8 Å². The van der Waals surface area contributed by atoms with E-state index >= 15 is 0 Å². The number of rotatable bonds is 4. The highest BCUT2D eigenvalue weighted by molar-refractivity contribution is 6.34. The minimum atomic E-state index is 0.419. The van der Waals surface area contributed by atoms with Crippen molar-refractivity contribution in [2.24, 2.45) is 0 Å². The van der Waals surface area contributed by atoms with Gasteiger partial charge >= 0.3 is 0 Å². The molecule has 1 aromatic heterocycles. The van der Waals surface area contributed by atoms with E-state index in [9.17, 15) is 0 Å². The monoisotopic (exact) mass is 277 g/mol. The first-order chi connectivity index (χ1) is 9.34. The van der Waals surface area contributed by atoms with Crippen molar-refractivity contribution < 1.29 is 4.74 Å². The van der Waals surface area contributed by atoms with Crippen molar-refractivity contribution in [3.63, 3.8) is 0 Å². The van der Waals surface area contributed by atoms with Gasteiger partial charge in [-0.25, -0.2) is 0 Å². The van der Waals surface area contributed by atoms with E-state index in [-0.39, 0.29) is 0 Å². The zero-order chi connectivity index (χ0) is 13.1. The fourth-order valence-corrected chi connectivity index (χ4v) is 2.63. The molecule has 1 aliphatic rings. The molecule has 1 aromatic carbocycles. The van der Waals surface area contributed by atoms with E-state index in [2.05, 4.69) is 15.1 Å². The van der Waals surface area contributed by atoms with E-state index in [1.165, 1.54) is 25.9 Å². The van der Waals surface area contributed by atoms with Crippen LogP contribution in [0.3, 0.4) is 0 Å². The molecule has 0 radical (unpaired) electrons. The Morgan fingerprint density at radius 2 is 1.84 bits per heavy atom. The molecule has 0 bridgehead atoms. The maximum Gasteiger partial charge on any atom is 0.241 e. The van der Waals surface area contributed by atoms with Gasteiger partial charge in [0.2, 0.25) is 5.88 Å². The molecule has 0 amide bonds. The molecule has 100 valence electrons. The number of aromatic nitrogens is 2. The number of likely N-dealkylation sites (tertiary alicyclic amines) is 1. The highest BCUT2D eigenvalue weighted by Crippen LogP contribution is 2.26. The number of nitrogens with zero attached hydrogens (tertiary/aromatic N) is 3. The predicted molar refractivity (Wildman–Crippen MR) is 75.7 cm³/mol. The SMILES string of the molecule is Clc1nnc(OCCN2CCCC2)c2ccccc12. The summed E-state index contributed by atoms with van der Waals surface area (Å²) >= 11 is 6.03. The smallest absolute Gasteiger partial charge is 0.241 e. The average molecular weight is 278 g/mol. The van der Waals surface area contributed by atoms with Gasteiger partial charge < -0.3 is 4.74 Å². The van der Waals surface area contributed by atoms with Crippen LogP contribution in [-0.2, 0) is 0 Å². The summed E-state index contributed by atoms with van der Waals surface area (Å²) < 4.78 is 5.76. The van der Waals surface area contributed by atoms with E-state index in [1.54, 1.807) is 0 Å². The number of ether oxygens (including phenoxy) is 1. The van der Waals surface area contributed by atoms with Crippen LogP contribution in [0.15, 0.2) is 24.3 Å². The standard InChI is InChI=1S/C14H16ClN3O/c15-13-11-5-1-2-6-12(11)14(17-16-13)19-10-9-18-7-3-4-8-18/h1-2,5-6H,3-4,7-10H2. The van der Waals surface area contributed by atoms with E-state index in [4.69, 9.17) is 16.3 Å². The van der Waals surface area contributed by atoms with Gasteiger partial charge in [-0.1, -0.05) is 29.8 Å². The van der Waals surface area contributed by atoms with Gasteiger partial charge in [-0.05, 0) is 32.0 Å². The second-order valence-corrected chi connectivity index (χ2v) is 5.10. The second-order valence-electron chi connectivity index (χ2n) is 4.74. The van der Waals surface area contributed by atoms with E-state index in [0.29, 0.717) is 17.6 Å². The number of benzene rings is 1. The summed E-state index contributed by atoms with van der Waals surface area (Å²) in [5.41, 5.74) is 0. The molecule has 0 N–H and O–H groups in total. The topological polar surface area (TPSA) is 38.3 Å². The van der Waals surface area contributed by atoms with E-state index in [0.717, 1.165) is 17.3 Å². The van der Waals surface area contributed by atoms with E-state index in [1.807, 2.05) is 24.3 Å². The summed E-state index contributed by atoms with van der Waals surface area (Å²) in [7, 11) is 0. The van der Waals surface area contributed by atoms with Crippen molar-refractivity contribution in [1.29, 1.82) is 0 Å². The zero-order valence-electron chi connectivity index (χ0n) is 10.7. The predicted octanol–water partition coefficient (Wildman–Crippen LogP) is 2.76. The molecule has 0 aliphatic carbocycles. The molecule has 2 aromatic rings. The molecule has 1 saturated heterocycles. The van der Waals surface area contributed by atoms with Crippen molar-refractivity contribution >= 4 is 22.4 Å². The first kappa shape index (κ1) is 12.6. The molecule has 0 atom stereocenters. The normalized spacial score (nSPS) is 16.1. The molecule has 1 fully saturated rings. The Hall–Kier alpha value is -1.39. The Balaban J connectivity index is 1.72. The van der Waals surface area contributed by atoms with Crippen LogP contribution in [0.5, 0.6) is 5.88 Å². The van der Waals surface area contributed by atoms with Gasteiger partial charge in [0.05, 0.1) is 0 Å². The van der Waals surface area contributed by atoms with Gasteiger partial charge in [0, 0.05) is 17.3 Å². The van der Waals surface area contributed by atoms with Crippen LogP contribution in [0.4, 0.5) is 0 Å².